The molecule has 2 amide bonds. The second kappa shape index (κ2) is 5.93. The highest BCUT2D eigenvalue weighted by Gasteiger charge is 2.42. The molecule has 2 saturated heterocycles. The average molecular weight is 332 g/mol. The Hall–Kier alpha value is -1.36. The molecule has 1 saturated carbocycles. The molecule has 3 fully saturated rings. The number of thiophene rings is 1. The summed E-state index contributed by atoms with van der Waals surface area (Å²) in [4.78, 5) is 28.8. The van der Waals surface area contributed by atoms with Gasteiger partial charge in [-0.2, -0.15) is 11.3 Å². The van der Waals surface area contributed by atoms with Crippen LogP contribution in [0.4, 0.5) is 0 Å². The van der Waals surface area contributed by atoms with Crippen molar-refractivity contribution in [2.75, 3.05) is 26.2 Å². The minimum absolute atomic E-state index is 0.169. The van der Waals surface area contributed by atoms with Crippen LogP contribution < -0.4 is 0 Å². The van der Waals surface area contributed by atoms with Gasteiger partial charge in [-0.05, 0) is 54.9 Å². The molecule has 0 N–H and O–H groups in total. The van der Waals surface area contributed by atoms with Crippen LogP contribution in [0.25, 0.3) is 0 Å². The molecule has 1 aromatic heterocycles. The first-order valence-electron chi connectivity index (χ1n) is 8.74. The molecule has 5 heteroatoms. The van der Waals surface area contributed by atoms with E-state index in [1.807, 2.05) is 21.7 Å². The zero-order chi connectivity index (χ0) is 15.9. The van der Waals surface area contributed by atoms with Gasteiger partial charge in [0.1, 0.15) is 0 Å². The fourth-order valence-electron chi connectivity index (χ4n) is 4.04. The highest BCUT2D eigenvalue weighted by molar-refractivity contribution is 7.08. The number of carbonyl (C=O) groups is 2. The van der Waals surface area contributed by atoms with Gasteiger partial charge in [-0.15, -0.1) is 0 Å². The zero-order valence-electron chi connectivity index (χ0n) is 13.5. The Balaban J connectivity index is 1.38. The van der Waals surface area contributed by atoms with Gasteiger partial charge in [-0.25, -0.2) is 0 Å². The van der Waals surface area contributed by atoms with E-state index >= 15 is 0 Å². The average Bonchev–Trinajstić information content (AvgIpc) is 3.21. The van der Waals surface area contributed by atoms with Crippen LogP contribution >= 0.6 is 11.3 Å². The highest BCUT2D eigenvalue weighted by Crippen LogP contribution is 2.42. The van der Waals surface area contributed by atoms with Gasteiger partial charge in [0.05, 0.1) is 5.56 Å². The largest absolute Gasteiger partial charge is 0.342 e. The van der Waals surface area contributed by atoms with Crippen LogP contribution in [0, 0.1) is 11.3 Å². The van der Waals surface area contributed by atoms with Crippen LogP contribution in [0.2, 0.25) is 0 Å². The summed E-state index contributed by atoms with van der Waals surface area (Å²) in [5.74, 6) is 1.27. The topological polar surface area (TPSA) is 40.6 Å². The first-order chi connectivity index (χ1) is 11.2. The Morgan fingerprint density at radius 2 is 2.04 bits per heavy atom. The predicted molar refractivity (Wildman–Crippen MR) is 90.4 cm³/mol. The summed E-state index contributed by atoms with van der Waals surface area (Å²) in [6.07, 6.45) is 6.37. The van der Waals surface area contributed by atoms with Crippen molar-refractivity contribution in [3.8, 4) is 0 Å². The molecular weight excluding hydrogens is 308 g/mol. The van der Waals surface area contributed by atoms with E-state index in [0.29, 0.717) is 12.3 Å². The lowest BCUT2D eigenvalue weighted by molar-refractivity contribution is -0.139. The van der Waals surface area contributed by atoms with Crippen molar-refractivity contribution >= 4 is 23.2 Å². The van der Waals surface area contributed by atoms with Gasteiger partial charge in [0.25, 0.3) is 5.91 Å². The molecule has 2 aliphatic heterocycles. The second-order valence-corrected chi connectivity index (χ2v) is 8.30. The van der Waals surface area contributed by atoms with Gasteiger partial charge < -0.3 is 9.80 Å². The third-order valence-corrected chi connectivity index (χ3v) is 6.49. The van der Waals surface area contributed by atoms with Gasteiger partial charge in [-0.3, -0.25) is 9.59 Å². The van der Waals surface area contributed by atoms with Gasteiger partial charge in [0, 0.05) is 38.0 Å². The van der Waals surface area contributed by atoms with E-state index in [0.717, 1.165) is 56.9 Å². The van der Waals surface area contributed by atoms with Crippen molar-refractivity contribution in [2.24, 2.45) is 11.3 Å². The van der Waals surface area contributed by atoms with Crippen LogP contribution in [0.15, 0.2) is 16.8 Å². The summed E-state index contributed by atoms with van der Waals surface area (Å²) >= 11 is 1.57. The molecule has 124 valence electrons. The monoisotopic (exact) mass is 332 g/mol. The lowest BCUT2D eigenvalue weighted by Crippen LogP contribution is -2.52. The van der Waals surface area contributed by atoms with Crippen molar-refractivity contribution in [1.29, 1.82) is 0 Å². The number of amides is 2. The van der Waals surface area contributed by atoms with E-state index in [2.05, 4.69) is 4.90 Å². The molecule has 0 radical (unpaired) electrons. The molecule has 0 bridgehead atoms. The van der Waals surface area contributed by atoms with Crippen LogP contribution in [0.3, 0.4) is 0 Å². The quantitative estimate of drug-likeness (QED) is 0.854. The maximum Gasteiger partial charge on any atom is 0.254 e. The molecule has 3 aliphatic rings. The van der Waals surface area contributed by atoms with E-state index in [4.69, 9.17) is 0 Å². The molecule has 3 heterocycles. The molecule has 23 heavy (non-hydrogen) atoms. The number of likely N-dealkylation sites (tertiary alicyclic amines) is 2. The van der Waals surface area contributed by atoms with Crippen LogP contribution in [-0.4, -0.2) is 47.8 Å². The summed E-state index contributed by atoms with van der Waals surface area (Å²) in [5, 5.41) is 3.89. The number of nitrogens with zero attached hydrogens (tertiary/aromatic N) is 2. The summed E-state index contributed by atoms with van der Waals surface area (Å²) < 4.78 is 0. The first kappa shape index (κ1) is 15.2. The smallest absolute Gasteiger partial charge is 0.254 e. The van der Waals surface area contributed by atoms with E-state index in [1.165, 1.54) is 12.8 Å². The van der Waals surface area contributed by atoms with Crippen molar-refractivity contribution in [3.05, 3.63) is 22.4 Å². The van der Waals surface area contributed by atoms with Crippen molar-refractivity contribution in [3.63, 3.8) is 0 Å². The molecule has 4 nitrogen and oxygen atoms in total. The fraction of sp³-hybridized carbons (Fsp3) is 0.667. The Morgan fingerprint density at radius 1 is 1.26 bits per heavy atom. The van der Waals surface area contributed by atoms with Crippen LogP contribution in [0.1, 0.15) is 48.9 Å². The number of hydrogen-bond acceptors (Lipinski definition) is 3. The Morgan fingerprint density at radius 3 is 2.70 bits per heavy atom. The van der Waals surface area contributed by atoms with Crippen molar-refractivity contribution < 1.29 is 9.59 Å². The Bertz CT molecular complexity index is 586. The van der Waals surface area contributed by atoms with Gasteiger partial charge >= 0.3 is 0 Å². The standard InChI is InChI=1S/C18H24N2O2S/c21-16-3-5-18(13-20(16)11-14-1-2-14)6-8-19(9-7-18)17(22)15-4-10-23-12-15/h4,10,12,14H,1-3,5-9,11,13H2. The van der Waals surface area contributed by atoms with E-state index in [-0.39, 0.29) is 11.3 Å². The molecule has 0 aromatic carbocycles. The summed E-state index contributed by atoms with van der Waals surface area (Å²) in [6, 6.07) is 1.91. The molecule has 1 aliphatic carbocycles. The van der Waals surface area contributed by atoms with Gasteiger partial charge in [-0.1, -0.05) is 0 Å². The minimum atomic E-state index is 0.169. The SMILES string of the molecule is O=C1CCC2(CCN(C(=O)c3ccsc3)CC2)CN1CC1CC1. The molecular formula is C18H24N2O2S. The molecule has 4 rings (SSSR count). The van der Waals surface area contributed by atoms with Gasteiger partial charge in [0.15, 0.2) is 0 Å². The molecule has 1 spiro atoms. The summed E-state index contributed by atoms with van der Waals surface area (Å²) in [7, 11) is 0. The normalized spacial score (nSPS) is 24.3. The van der Waals surface area contributed by atoms with Crippen LogP contribution in [-0.2, 0) is 4.79 Å². The third kappa shape index (κ3) is 3.16. The number of hydrogen-bond donors (Lipinski definition) is 0. The lowest BCUT2D eigenvalue weighted by atomic mass is 9.72. The van der Waals surface area contributed by atoms with Crippen molar-refractivity contribution in [1.82, 2.24) is 9.80 Å². The third-order valence-electron chi connectivity index (χ3n) is 5.80. The predicted octanol–water partition coefficient (Wildman–Crippen LogP) is 3.00. The highest BCUT2D eigenvalue weighted by atomic mass is 32.1. The second-order valence-electron chi connectivity index (χ2n) is 7.52. The molecule has 1 aromatic rings. The van der Waals surface area contributed by atoms with Crippen molar-refractivity contribution in [2.45, 2.75) is 38.5 Å². The summed E-state index contributed by atoms with van der Waals surface area (Å²) in [5.41, 5.74) is 1.08. The summed E-state index contributed by atoms with van der Waals surface area (Å²) in [6.45, 7) is 3.56. The number of piperidine rings is 2. The first-order valence-corrected chi connectivity index (χ1v) is 9.69. The van der Waals surface area contributed by atoms with Gasteiger partial charge in [0.2, 0.25) is 5.91 Å². The molecule has 0 atom stereocenters. The maximum atomic E-state index is 12.5. The lowest BCUT2D eigenvalue weighted by Gasteiger charge is -2.47. The Kier molecular flexibility index (Phi) is 3.92. The fourth-order valence-corrected chi connectivity index (χ4v) is 4.67. The Labute approximate surface area is 141 Å². The van der Waals surface area contributed by atoms with Crippen LogP contribution in [0.5, 0.6) is 0 Å². The number of rotatable bonds is 3. The minimum Gasteiger partial charge on any atom is -0.342 e. The van der Waals surface area contributed by atoms with E-state index in [9.17, 15) is 9.59 Å². The molecule has 0 unspecified atom stereocenters. The zero-order valence-corrected chi connectivity index (χ0v) is 14.3. The van der Waals surface area contributed by atoms with E-state index < -0.39 is 0 Å². The maximum absolute atomic E-state index is 12.5. The number of carbonyl (C=O) groups excluding carboxylic acids is 2. The van der Waals surface area contributed by atoms with E-state index in [1.54, 1.807) is 11.3 Å².